The van der Waals surface area contributed by atoms with Crippen molar-refractivity contribution in [1.82, 2.24) is 0 Å². The molecule has 1 aromatic carbocycles. The number of hydrogen-bond donors (Lipinski definition) is 0. The van der Waals surface area contributed by atoms with E-state index in [0.717, 1.165) is 25.7 Å². The van der Waals surface area contributed by atoms with Gasteiger partial charge in [-0.3, -0.25) is 0 Å². The summed E-state index contributed by atoms with van der Waals surface area (Å²) >= 11 is 6.50. The second-order valence-electron chi connectivity index (χ2n) is 10.7. The van der Waals surface area contributed by atoms with E-state index >= 15 is 0 Å². The molecule has 5 aliphatic carbocycles. The Morgan fingerprint density at radius 1 is 0.848 bits per heavy atom. The van der Waals surface area contributed by atoms with Gasteiger partial charge in [-0.15, -0.1) is 11.6 Å². The summed E-state index contributed by atoms with van der Waals surface area (Å²) in [6.45, 7) is 0. The second kappa shape index (κ2) is 7.72. The highest BCUT2D eigenvalue weighted by molar-refractivity contribution is 6.20. The van der Waals surface area contributed by atoms with E-state index < -0.39 is 0 Å². The minimum absolute atomic E-state index is 0.0474. The fraction of sp³-hybridized carbons (Fsp3) is 0.419. The van der Waals surface area contributed by atoms with Crippen LogP contribution in [0.4, 0.5) is 0 Å². The summed E-state index contributed by atoms with van der Waals surface area (Å²) in [4.78, 5) is 0. The molecule has 0 spiro atoms. The monoisotopic (exact) mass is 454 g/mol. The van der Waals surface area contributed by atoms with Crippen LogP contribution in [0.3, 0.4) is 0 Å². The predicted octanol–water partition coefficient (Wildman–Crippen LogP) is 7.09. The zero-order valence-electron chi connectivity index (χ0n) is 18.9. The molecule has 1 heterocycles. The van der Waals surface area contributed by atoms with Crippen LogP contribution in [0.5, 0.6) is 0 Å². The summed E-state index contributed by atoms with van der Waals surface area (Å²) in [6.07, 6.45) is 28.7. The van der Waals surface area contributed by atoms with Crippen molar-refractivity contribution < 1.29 is 4.74 Å². The minimum Gasteiger partial charge on any atom is -0.370 e. The molecule has 0 radical (unpaired) electrons. The maximum absolute atomic E-state index is 6.72. The second-order valence-corrected chi connectivity index (χ2v) is 11.3. The molecule has 168 valence electrons. The van der Waals surface area contributed by atoms with Crippen LogP contribution in [-0.4, -0.2) is 17.6 Å². The highest BCUT2D eigenvalue weighted by atomic mass is 35.5. The Balaban J connectivity index is 1.35. The van der Waals surface area contributed by atoms with Gasteiger partial charge in [-0.2, -0.15) is 0 Å². The molecule has 2 heteroatoms. The van der Waals surface area contributed by atoms with Crippen LogP contribution >= 0.6 is 11.6 Å². The Labute approximate surface area is 202 Å². The third kappa shape index (κ3) is 2.88. The number of fused-ring (bicyclic) bond motifs is 6. The number of alkyl halides is 1. The Bertz CT molecular complexity index is 1120. The molecule has 2 fully saturated rings. The lowest BCUT2D eigenvalue weighted by atomic mass is 9.55. The molecule has 0 amide bonds. The summed E-state index contributed by atoms with van der Waals surface area (Å²) in [7, 11) is 0. The van der Waals surface area contributed by atoms with E-state index in [-0.39, 0.29) is 23.0 Å². The normalized spacial score (nSPS) is 44.5. The zero-order valence-corrected chi connectivity index (χ0v) is 19.6. The van der Waals surface area contributed by atoms with Gasteiger partial charge < -0.3 is 4.74 Å². The van der Waals surface area contributed by atoms with E-state index in [1.807, 2.05) is 0 Å². The molecule has 0 aromatic heterocycles. The number of hydrogen-bond acceptors (Lipinski definition) is 1. The summed E-state index contributed by atoms with van der Waals surface area (Å²) in [5, 5.41) is 0.214. The Morgan fingerprint density at radius 3 is 2.64 bits per heavy atom. The zero-order chi connectivity index (χ0) is 22.0. The standard InChI is InChI=1S/C31H31ClO/c32-22-15-17-26-25-16-14-21(18-29(25)33-30(26)19-22)31(20-8-2-1-3-9-20)27-12-6-4-10-23(27)24-11-5-7-13-28(24)31/h1-12,14,16-17,21-23,25,27-30H,13,15,18-19H2/t21?,22?,23?,25?,27?,28?,29-,30?,31?/m0/s1. The highest BCUT2D eigenvalue weighted by Crippen LogP contribution is 2.64. The highest BCUT2D eigenvalue weighted by Gasteiger charge is 2.61. The van der Waals surface area contributed by atoms with Gasteiger partial charge in [-0.05, 0) is 54.6 Å². The van der Waals surface area contributed by atoms with Crippen LogP contribution < -0.4 is 0 Å². The van der Waals surface area contributed by atoms with Crippen molar-refractivity contribution in [2.45, 2.75) is 48.7 Å². The average Bonchev–Trinajstić information content (AvgIpc) is 3.37. The molecule has 1 nitrogen and oxygen atoms in total. The maximum atomic E-state index is 6.72. The van der Waals surface area contributed by atoms with Crippen LogP contribution in [0.2, 0.25) is 0 Å². The lowest BCUT2D eigenvalue weighted by Gasteiger charge is -2.48. The van der Waals surface area contributed by atoms with Gasteiger partial charge in [0.15, 0.2) is 0 Å². The van der Waals surface area contributed by atoms with Crippen LogP contribution in [-0.2, 0) is 10.2 Å². The van der Waals surface area contributed by atoms with Gasteiger partial charge in [0.2, 0.25) is 0 Å². The molecular weight excluding hydrogens is 424 g/mol. The van der Waals surface area contributed by atoms with E-state index in [9.17, 15) is 0 Å². The molecule has 0 bridgehead atoms. The molecular formula is C31H31ClO. The lowest BCUT2D eigenvalue weighted by molar-refractivity contribution is 0.0102. The molecule has 1 aliphatic heterocycles. The van der Waals surface area contributed by atoms with Crippen molar-refractivity contribution in [2.24, 2.45) is 29.6 Å². The van der Waals surface area contributed by atoms with Gasteiger partial charge in [0.05, 0.1) is 12.2 Å². The van der Waals surface area contributed by atoms with Gasteiger partial charge >= 0.3 is 0 Å². The number of ether oxygens (including phenoxy) is 1. The smallest absolute Gasteiger partial charge is 0.0810 e. The summed E-state index contributed by atoms with van der Waals surface area (Å²) in [5.74, 6) is 2.36. The van der Waals surface area contributed by atoms with E-state index in [2.05, 4.69) is 91.1 Å². The topological polar surface area (TPSA) is 9.23 Å². The van der Waals surface area contributed by atoms with E-state index in [0.29, 0.717) is 29.6 Å². The first-order chi connectivity index (χ1) is 16.3. The average molecular weight is 455 g/mol. The Hall–Kier alpha value is -2.09. The molecule has 9 atom stereocenters. The molecule has 1 aromatic rings. The van der Waals surface area contributed by atoms with Crippen molar-refractivity contribution >= 4 is 11.6 Å². The maximum Gasteiger partial charge on any atom is 0.0810 e. The molecule has 1 saturated heterocycles. The summed E-state index contributed by atoms with van der Waals surface area (Å²) in [6, 6.07) is 11.4. The van der Waals surface area contributed by atoms with Gasteiger partial charge in [0.25, 0.3) is 0 Å². The van der Waals surface area contributed by atoms with Gasteiger partial charge in [0.1, 0.15) is 0 Å². The number of rotatable bonds is 2. The number of allylic oxidation sites excluding steroid dienone is 10. The fourth-order valence-electron chi connectivity index (χ4n) is 8.14. The van der Waals surface area contributed by atoms with E-state index in [1.165, 1.54) is 11.1 Å². The van der Waals surface area contributed by atoms with Gasteiger partial charge in [0, 0.05) is 22.6 Å². The van der Waals surface area contributed by atoms with Crippen molar-refractivity contribution in [3.63, 3.8) is 0 Å². The number of halogens is 1. The van der Waals surface area contributed by atoms with Crippen molar-refractivity contribution in [1.29, 1.82) is 0 Å². The Kier molecular flexibility index (Phi) is 4.75. The van der Waals surface area contributed by atoms with Crippen molar-refractivity contribution in [3.05, 3.63) is 108 Å². The van der Waals surface area contributed by atoms with Gasteiger partial charge in [-0.1, -0.05) is 96.7 Å². The largest absolute Gasteiger partial charge is 0.370 e. The molecule has 7 rings (SSSR count). The summed E-state index contributed by atoms with van der Waals surface area (Å²) in [5.41, 5.74) is 4.65. The third-order valence-corrected chi connectivity index (χ3v) is 9.70. The van der Waals surface area contributed by atoms with E-state index in [4.69, 9.17) is 16.3 Å². The predicted molar refractivity (Wildman–Crippen MR) is 135 cm³/mol. The van der Waals surface area contributed by atoms with Crippen LogP contribution in [0.25, 0.3) is 0 Å². The van der Waals surface area contributed by atoms with Gasteiger partial charge in [-0.25, -0.2) is 0 Å². The third-order valence-electron chi connectivity index (χ3n) is 9.35. The molecule has 33 heavy (non-hydrogen) atoms. The molecule has 8 unspecified atom stereocenters. The molecule has 6 aliphatic rings. The summed E-state index contributed by atoms with van der Waals surface area (Å²) < 4.78 is 6.72. The minimum atomic E-state index is 0.0474. The van der Waals surface area contributed by atoms with Crippen LogP contribution in [0.1, 0.15) is 31.2 Å². The van der Waals surface area contributed by atoms with Crippen molar-refractivity contribution in [3.8, 4) is 0 Å². The fourth-order valence-corrected chi connectivity index (χ4v) is 8.39. The first kappa shape index (κ1) is 20.3. The quantitative estimate of drug-likeness (QED) is 0.342. The SMILES string of the molecule is ClC1CC=C2C(C1)O[C@H]1CC(C3(c4ccccc4)C4CC=CC=C4C4C=CC=CC43)C=CC21. The first-order valence-electron chi connectivity index (χ1n) is 12.7. The number of benzene rings is 1. The lowest BCUT2D eigenvalue weighted by Crippen LogP contribution is -2.46. The molecule has 1 saturated carbocycles. The van der Waals surface area contributed by atoms with Crippen LogP contribution in [0, 0.1) is 29.6 Å². The first-order valence-corrected chi connectivity index (χ1v) is 13.2. The molecule has 0 N–H and O–H groups in total. The van der Waals surface area contributed by atoms with Crippen LogP contribution in [0.15, 0.2) is 102 Å². The van der Waals surface area contributed by atoms with E-state index in [1.54, 1.807) is 5.57 Å². The van der Waals surface area contributed by atoms with Crippen molar-refractivity contribution in [2.75, 3.05) is 0 Å². The Morgan fingerprint density at radius 2 is 1.73 bits per heavy atom.